The highest BCUT2D eigenvalue weighted by Crippen LogP contribution is 2.36. The van der Waals surface area contributed by atoms with E-state index in [0.717, 1.165) is 12.2 Å². The van der Waals surface area contributed by atoms with Gasteiger partial charge in [-0.15, -0.1) is 0 Å². The van der Waals surface area contributed by atoms with E-state index >= 15 is 0 Å². The predicted molar refractivity (Wildman–Crippen MR) is 77.3 cm³/mol. The number of aromatic nitrogens is 1. The fourth-order valence-corrected chi connectivity index (χ4v) is 2.73. The van der Waals surface area contributed by atoms with E-state index in [1.807, 2.05) is 6.21 Å². The Labute approximate surface area is 105 Å². The molecule has 2 heteroatoms. The summed E-state index contributed by atoms with van der Waals surface area (Å²) < 4.78 is 2.34. The minimum Gasteiger partial charge on any atom is -0.333 e. The molecular weight excluding hydrogens is 220 g/mol. The summed E-state index contributed by atoms with van der Waals surface area (Å²) in [5, 5.41) is 1.29. The van der Waals surface area contributed by atoms with Gasteiger partial charge in [-0.1, -0.05) is 42.5 Å². The molecule has 0 N–H and O–H groups in total. The van der Waals surface area contributed by atoms with Crippen LogP contribution in [0.4, 0.5) is 5.69 Å². The number of nitrogens with zero attached hydrogens (tertiary/aromatic N) is 2. The first kappa shape index (κ1) is 9.66. The Hall–Kier alpha value is -2.35. The van der Waals surface area contributed by atoms with E-state index < -0.39 is 0 Å². The quantitative estimate of drug-likeness (QED) is 0.654. The Balaban J connectivity index is 2.19. The van der Waals surface area contributed by atoms with Gasteiger partial charge in [0.2, 0.25) is 0 Å². The molecule has 2 aromatic rings. The van der Waals surface area contributed by atoms with Crippen LogP contribution in [0.1, 0.15) is 11.3 Å². The van der Waals surface area contributed by atoms with Gasteiger partial charge >= 0.3 is 0 Å². The lowest BCUT2D eigenvalue weighted by Crippen LogP contribution is -2.04. The van der Waals surface area contributed by atoms with Crippen LogP contribution in [0, 0.1) is 0 Å². The van der Waals surface area contributed by atoms with E-state index in [2.05, 4.69) is 64.2 Å². The number of rotatable bonds is 0. The molecule has 0 atom stereocenters. The van der Waals surface area contributed by atoms with Crippen LogP contribution in [-0.2, 0) is 6.54 Å². The fraction of sp³-hybridized carbons (Fsp3) is 0.0625. The minimum atomic E-state index is 0.852. The summed E-state index contributed by atoms with van der Waals surface area (Å²) in [6.07, 6.45) is 14.6. The van der Waals surface area contributed by atoms with Crippen LogP contribution < -0.4 is 0 Å². The molecule has 1 aromatic carbocycles. The van der Waals surface area contributed by atoms with Crippen molar-refractivity contribution in [3.63, 3.8) is 0 Å². The van der Waals surface area contributed by atoms with Crippen molar-refractivity contribution in [2.75, 3.05) is 0 Å². The summed E-state index contributed by atoms with van der Waals surface area (Å²) in [7, 11) is 0. The van der Waals surface area contributed by atoms with Gasteiger partial charge in [0.1, 0.15) is 0 Å². The van der Waals surface area contributed by atoms with Crippen LogP contribution in [-0.4, -0.2) is 10.8 Å². The first-order chi connectivity index (χ1) is 8.95. The highest BCUT2D eigenvalue weighted by Gasteiger charge is 2.17. The van der Waals surface area contributed by atoms with Crippen molar-refractivity contribution in [3.8, 4) is 0 Å². The smallest absolute Gasteiger partial charge is 0.0869 e. The fourth-order valence-electron chi connectivity index (χ4n) is 2.73. The molecular formula is C16H12N2. The molecule has 2 heterocycles. The Morgan fingerprint density at radius 3 is 2.83 bits per heavy atom. The number of hydrogen-bond acceptors (Lipinski definition) is 1. The van der Waals surface area contributed by atoms with Crippen LogP contribution in [0.3, 0.4) is 0 Å². The van der Waals surface area contributed by atoms with Crippen LogP contribution in [0.5, 0.6) is 0 Å². The van der Waals surface area contributed by atoms with E-state index in [9.17, 15) is 0 Å². The second-order valence-corrected chi connectivity index (χ2v) is 4.50. The van der Waals surface area contributed by atoms with Crippen LogP contribution in [0.25, 0.3) is 23.1 Å². The zero-order chi connectivity index (χ0) is 11.9. The van der Waals surface area contributed by atoms with Crippen LogP contribution in [0.2, 0.25) is 0 Å². The van der Waals surface area contributed by atoms with Gasteiger partial charge in [-0.05, 0) is 12.1 Å². The first-order valence-electron chi connectivity index (χ1n) is 6.14. The van der Waals surface area contributed by atoms with Crippen LogP contribution in [0.15, 0.2) is 47.5 Å². The van der Waals surface area contributed by atoms with Crippen molar-refractivity contribution in [1.29, 1.82) is 0 Å². The average molecular weight is 232 g/mol. The number of aliphatic imine (C=N–C) groups is 1. The Bertz CT molecular complexity index is 755. The van der Waals surface area contributed by atoms with Gasteiger partial charge in [0.25, 0.3) is 0 Å². The second kappa shape index (κ2) is 3.57. The highest BCUT2D eigenvalue weighted by atomic mass is 15.0. The Kier molecular flexibility index (Phi) is 1.92. The molecule has 0 unspecified atom stereocenters. The number of para-hydroxylation sites is 1. The van der Waals surface area contributed by atoms with E-state index in [-0.39, 0.29) is 0 Å². The molecule has 4 rings (SSSR count). The zero-order valence-electron chi connectivity index (χ0n) is 9.88. The largest absolute Gasteiger partial charge is 0.333 e. The van der Waals surface area contributed by atoms with Crippen molar-refractivity contribution >= 4 is 35.0 Å². The third kappa shape index (κ3) is 1.20. The van der Waals surface area contributed by atoms with E-state index in [1.54, 1.807) is 0 Å². The summed E-state index contributed by atoms with van der Waals surface area (Å²) in [5.41, 5.74) is 4.88. The number of benzene rings is 1. The predicted octanol–water partition coefficient (Wildman–Crippen LogP) is 3.95. The van der Waals surface area contributed by atoms with Crippen molar-refractivity contribution in [2.45, 2.75) is 6.54 Å². The molecule has 0 bridgehead atoms. The molecule has 0 amide bonds. The highest BCUT2D eigenvalue weighted by molar-refractivity contribution is 6.02. The number of fused-ring (bicyclic) bond motifs is 3. The van der Waals surface area contributed by atoms with Gasteiger partial charge in [0.15, 0.2) is 0 Å². The topological polar surface area (TPSA) is 17.3 Å². The normalized spacial score (nSPS) is 21.1. The Morgan fingerprint density at radius 2 is 1.89 bits per heavy atom. The van der Waals surface area contributed by atoms with Gasteiger partial charge in [-0.25, -0.2) is 0 Å². The van der Waals surface area contributed by atoms with E-state index in [1.165, 1.54) is 22.2 Å². The van der Waals surface area contributed by atoms with Crippen molar-refractivity contribution < 1.29 is 0 Å². The molecule has 18 heavy (non-hydrogen) atoms. The van der Waals surface area contributed by atoms with Crippen molar-refractivity contribution in [2.24, 2.45) is 4.99 Å². The van der Waals surface area contributed by atoms with Crippen LogP contribution >= 0.6 is 0 Å². The monoisotopic (exact) mass is 232 g/mol. The first-order valence-corrected chi connectivity index (χ1v) is 6.14. The third-order valence-electron chi connectivity index (χ3n) is 3.49. The molecule has 1 aromatic heterocycles. The molecule has 1 aliphatic heterocycles. The lowest BCUT2D eigenvalue weighted by atomic mass is 10.1. The lowest BCUT2D eigenvalue weighted by molar-refractivity contribution is 0.887. The zero-order valence-corrected chi connectivity index (χ0v) is 9.88. The van der Waals surface area contributed by atoms with Crippen molar-refractivity contribution in [3.05, 3.63) is 53.8 Å². The number of hydrogen-bond donors (Lipinski definition) is 0. The van der Waals surface area contributed by atoms with Gasteiger partial charge in [-0.3, -0.25) is 4.99 Å². The van der Waals surface area contributed by atoms with Gasteiger partial charge < -0.3 is 4.57 Å². The molecule has 0 fully saturated rings. The van der Waals surface area contributed by atoms with Crippen molar-refractivity contribution in [1.82, 2.24) is 4.57 Å². The summed E-state index contributed by atoms with van der Waals surface area (Å²) in [5.74, 6) is 0. The van der Waals surface area contributed by atoms with E-state index in [0.29, 0.717) is 0 Å². The number of allylic oxidation sites excluding steroid dienone is 4. The maximum Gasteiger partial charge on any atom is 0.0869 e. The SMILES string of the molecule is C1=Nc2cccc3c4c(n(c23)C1)\C=C/C=C\C=C/4. The summed E-state index contributed by atoms with van der Waals surface area (Å²) in [6.45, 7) is 0.852. The molecule has 2 nitrogen and oxygen atoms in total. The minimum absolute atomic E-state index is 0.852. The second-order valence-electron chi connectivity index (χ2n) is 4.50. The molecule has 1 aliphatic carbocycles. The maximum atomic E-state index is 4.49. The summed E-state index contributed by atoms with van der Waals surface area (Å²) >= 11 is 0. The third-order valence-corrected chi connectivity index (χ3v) is 3.49. The van der Waals surface area contributed by atoms with Gasteiger partial charge in [0.05, 0.1) is 17.7 Å². The molecule has 0 saturated heterocycles. The molecule has 0 radical (unpaired) electrons. The van der Waals surface area contributed by atoms with E-state index in [4.69, 9.17) is 0 Å². The summed E-state index contributed by atoms with van der Waals surface area (Å²) in [6, 6.07) is 6.34. The molecule has 0 spiro atoms. The standard InChI is InChI=1S/C16H12N2/c1-2-4-9-15-12(6-3-1)13-7-5-8-14-16(13)18(15)11-10-17-14/h1-10H,11H2/b2-1-,3-1?,4-2?,6-3-,9-4-,12-6?,15-9?. The van der Waals surface area contributed by atoms with Gasteiger partial charge in [0, 0.05) is 22.9 Å². The van der Waals surface area contributed by atoms with Gasteiger partial charge in [-0.2, -0.15) is 0 Å². The average Bonchev–Trinajstić information content (AvgIpc) is 2.65. The molecule has 86 valence electrons. The maximum absolute atomic E-state index is 4.49. The summed E-state index contributed by atoms with van der Waals surface area (Å²) in [4.78, 5) is 4.49. The lowest BCUT2D eigenvalue weighted by Gasteiger charge is -2.11. The molecule has 0 saturated carbocycles. The Morgan fingerprint density at radius 1 is 1.00 bits per heavy atom. The molecule has 2 aliphatic rings.